The molecule has 0 bridgehead atoms. The first-order valence-corrected chi connectivity index (χ1v) is 6.48. The van der Waals surface area contributed by atoms with Crippen molar-refractivity contribution in [1.82, 2.24) is 0 Å². The van der Waals surface area contributed by atoms with E-state index in [0.717, 1.165) is 11.1 Å². The van der Waals surface area contributed by atoms with Gasteiger partial charge in [-0.05, 0) is 54.8 Å². The lowest BCUT2D eigenvalue weighted by molar-refractivity contribution is -0.116. The maximum atomic E-state index is 11.9. The molecule has 4 heteroatoms. The van der Waals surface area contributed by atoms with Gasteiger partial charge >= 0.3 is 0 Å². The van der Waals surface area contributed by atoms with Gasteiger partial charge in [0.05, 0.1) is 0 Å². The molecule has 4 N–H and O–H groups in total. The van der Waals surface area contributed by atoms with Crippen LogP contribution in [-0.2, 0) is 11.2 Å². The topological polar surface area (TPSA) is 75.4 Å². The molecule has 2 aromatic carbocycles. The average Bonchev–Trinajstić information content (AvgIpc) is 2.41. The summed E-state index contributed by atoms with van der Waals surface area (Å²) in [6.45, 7) is 1.79. The van der Waals surface area contributed by atoms with Crippen LogP contribution in [0.3, 0.4) is 0 Å². The van der Waals surface area contributed by atoms with E-state index in [9.17, 15) is 9.90 Å². The molecule has 2 rings (SSSR count). The zero-order valence-electron chi connectivity index (χ0n) is 11.4. The van der Waals surface area contributed by atoms with Crippen molar-refractivity contribution in [3.05, 3.63) is 53.6 Å². The second-order valence-electron chi connectivity index (χ2n) is 4.79. The van der Waals surface area contributed by atoms with Crippen LogP contribution in [0.15, 0.2) is 42.5 Å². The van der Waals surface area contributed by atoms with Crippen LogP contribution in [0.2, 0.25) is 0 Å². The predicted octanol–water partition coefficient (Wildman–Crippen LogP) is 2.85. The van der Waals surface area contributed by atoms with Crippen molar-refractivity contribution in [3.8, 4) is 5.75 Å². The van der Waals surface area contributed by atoms with Crippen LogP contribution >= 0.6 is 0 Å². The molecule has 20 heavy (non-hydrogen) atoms. The number of nitrogen functional groups attached to an aromatic ring is 1. The minimum atomic E-state index is -0.0579. The van der Waals surface area contributed by atoms with Gasteiger partial charge in [-0.2, -0.15) is 0 Å². The van der Waals surface area contributed by atoms with E-state index in [2.05, 4.69) is 5.32 Å². The Morgan fingerprint density at radius 3 is 2.75 bits per heavy atom. The Morgan fingerprint density at radius 1 is 1.25 bits per heavy atom. The second kappa shape index (κ2) is 6.10. The highest BCUT2D eigenvalue weighted by Crippen LogP contribution is 2.20. The molecule has 0 spiro atoms. The van der Waals surface area contributed by atoms with Gasteiger partial charge in [0, 0.05) is 17.8 Å². The van der Waals surface area contributed by atoms with Crippen LogP contribution in [0, 0.1) is 6.92 Å². The van der Waals surface area contributed by atoms with Crippen molar-refractivity contribution in [2.75, 3.05) is 11.1 Å². The van der Waals surface area contributed by atoms with Crippen molar-refractivity contribution >= 4 is 17.3 Å². The summed E-state index contributed by atoms with van der Waals surface area (Å²) >= 11 is 0. The molecule has 4 nitrogen and oxygen atoms in total. The molecule has 0 saturated heterocycles. The number of aryl methyl sites for hydroxylation is 2. The van der Waals surface area contributed by atoms with Crippen LogP contribution in [-0.4, -0.2) is 11.0 Å². The van der Waals surface area contributed by atoms with Crippen LogP contribution in [0.25, 0.3) is 0 Å². The molecule has 2 aromatic rings. The zero-order chi connectivity index (χ0) is 14.5. The number of nitrogens with one attached hydrogen (secondary N) is 1. The Labute approximate surface area is 118 Å². The van der Waals surface area contributed by atoms with Crippen LogP contribution in [0.1, 0.15) is 17.5 Å². The third-order valence-electron chi connectivity index (χ3n) is 3.07. The fourth-order valence-corrected chi connectivity index (χ4v) is 1.96. The number of rotatable bonds is 4. The van der Waals surface area contributed by atoms with E-state index in [-0.39, 0.29) is 11.7 Å². The number of phenols is 1. The summed E-state index contributed by atoms with van der Waals surface area (Å²) in [5, 5.41) is 12.2. The van der Waals surface area contributed by atoms with Gasteiger partial charge in [0.1, 0.15) is 5.75 Å². The SMILES string of the molecule is Cc1cc(NC(=O)CCc2cccc(N)c2)ccc1O. The van der Waals surface area contributed by atoms with Gasteiger partial charge in [-0.15, -0.1) is 0 Å². The maximum absolute atomic E-state index is 11.9. The molecule has 0 aliphatic carbocycles. The molecule has 0 heterocycles. The molecule has 0 unspecified atom stereocenters. The van der Waals surface area contributed by atoms with Gasteiger partial charge in [-0.25, -0.2) is 0 Å². The molecular weight excluding hydrogens is 252 g/mol. The fourth-order valence-electron chi connectivity index (χ4n) is 1.96. The van der Waals surface area contributed by atoms with E-state index in [1.165, 1.54) is 0 Å². The molecule has 0 aromatic heterocycles. The molecule has 0 saturated carbocycles. The molecule has 0 aliphatic rings. The monoisotopic (exact) mass is 270 g/mol. The lowest BCUT2D eigenvalue weighted by Gasteiger charge is -2.07. The van der Waals surface area contributed by atoms with Crippen molar-refractivity contribution < 1.29 is 9.90 Å². The molecule has 0 radical (unpaired) electrons. The molecular formula is C16H18N2O2. The van der Waals surface area contributed by atoms with Gasteiger partial charge in [0.2, 0.25) is 5.91 Å². The van der Waals surface area contributed by atoms with E-state index in [0.29, 0.717) is 24.2 Å². The molecule has 0 aliphatic heterocycles. The number of carbonyl (C=O) groups excluding carboxylic acids is 1. The number of aromatic hydroxyl groups is 1. The number of carbonyl (C=O) groups is 1. The Balaban J connectivity index is 1.91. The number of nitrogens with two attached hydrogens (primary N) is 1. The Kier molecular flexibility index (Phi) is 4.25. The van der Waals surface area contributed by atoms with Gasteiger partial charge in [-0.3, -0.25) is 4.79 Å². The predicted molar refractivity (Wildman–Crippen MR) is 80.6 cm³/mol. The summed E-state index contributed by atoms with van der Waals surface area (Å²) < 4.78 is 0. The summed E-state index contributed by atoms with van der Waals surface area (Å²) in [4.78, 5) is 11.9. The van der Waals surface area contributed by atoms with Crippen LogP contribution in [0.4, 0.5) is 11.4 Å². The van der Waals surface area contributed by atoms with E-state index >= 15 is 0 Å². The standard InChI is InChI=1S/C16H18N2O2/c1-11-9-14(6-7-15(11)19)18-16(20)8-5-12-3-2-4-13(17)10-12/h2-4,6-7,9-10,19H,5,8,17H2,1H3,(H,18,20). The lowest BCUT2D eigenvalue weighted by atomic mass is 10.1. The van der Waals surface area contributed by atoms with Crippen molar-refractivity contribution in [1.29, 1.82) is 0 Å². The van der Waals surface area contributed by atoms with Gasteiger partial charge in [0.15, 0.2) is 0 Å². The highest BCUT2D eigenvalue weighted by atomic mass is 16.3. The first-order valence-electron chi connectivity index (χ1n) is 6.48. The lowest BCUT2D eigenvalue weighted by Crippen LogP contribution is -2.12. The first-order chi connectivity index (χ1) is 9.54. The molecule has 0 atom stereocenters. The number of anilines is 2. The summed E-state index contributed by atoms with van der Waals surface area (Å²) in [5.74, 6) is 0.167. The van der Waals surface area contributed by atoms with E-state index in [1.54, 1.807) is 25.1 Å². The zero-order valence-corrected chi connectivity index (χ0v) is 11.4. The number of hydrogen-bond donors (Lipinski definition) is 3. The minimum absolute atomic E-state index is 0.0579. The van der Waals surface area contributed by atoms with Crippen LogP contribution in [0.5, 0.6) is 5.75 Å². The van der Waals surface area contributed by atoms with Crippen LogP contribution < -0.4 is 11.1 Å². The normalized spacial score (nSPS) is 10.2. The van der Waals surface area contributed by atoms with Crippen molar-refractivity contribution in [3.63, 3.8) is 0 Å². The van der Waals surface area contributed by atoms with Crippen molar-refractivity contribution in [2.24, 2.45) is 0 Å². The molecule has 0 fully saturated rings. The van der Waals surface area contributed by atoms with Crippen molar-refractivity contribution in [2.45, 2.75) is 19.8 Å². The number of amides is 1. The molecule has 104 valence electrons. The van der Waals surface area contributed by atoms with E-state index < -0.39 is 0 Å². The summed E-state index contributed by atoms with van der Waals surface area (Å²) in [5.41, 5.74) is 8.87. The quantitative estimate of drug-likeness (QED) is 0.590. The molecule has 1 amide bonds. The first kappa shape index (κ1) is 13.9. The number of phenolic OH excluding ortho intramolecular Hbond substituents is 1. The number of benzene rings is 2. The summed E-state index contributed by atoms with van der Waals surface area (Å²) in [6.07, 6.45) is 1.04. The Hall–Kier alpha value is -2.49. The summed E-state index contributed by atoms with van der Waals surface area (Å²) in [7, 11) is 0. The Bertz CT molecular complexity index is 624. The Morgan fingerprint density at radius 2 is 2.05 bits per heavy atom. The van der Waals surface area contributed by atoms with Gasteiger partial charge < -0.3 is 16.2 Å². The number of hydrogen-bond acceptors (Lipinski definition) is 3. The highest BCUT2D eigenvalue weighted by Gasteiger charge is 2.05. The fraction of sp³-hybridized carbons (Fsp3) is 0.188. The van der Waals surface area contributed by atoms with Gasteiger partial charge in [-0.1, -0.05) is 12.1 Å². The van der Waals surface area contributed by atoms with Gasteiger partial charge in [0.25, 0.3) is 0 Å². The smallest absolute Gasteiger partial charge is 0.224 e. The third-order valence-corrected chi connectivity index (χ3v) is 3.07. The maximum Gasteiger partial charge on any atom is 0.224 e. The largest absolute Gasteiger partial charge is 0.508 e. The third kappa shape index (κ3) is 3.75. The highest BCUT2D eigenvalue weighted by molar-refractivity contribution is 5.91. The average molecular weight is 270 g/mol. The van der Waals surface area contributed by atoms with E-state index in [1.807, 2.05) is 24.3 Å². The second-order valence-corrected chi connectivity index (χ2v) is 4.79. The van der Waals surface area contributed by atoms with E-state index in [4.69, 9.17) is 5.73 Å². The minimum Gasteiger partial charge on any atom is -0.508 e. The summed E-state index contributed by atoms with van der Waals surface area (Å²) in [6, 6.07) is 12.5.